The molecule has 0 aliphatic carbocycles. The molecule has 25 heavy (non-hydrogen) atoms. The number of thioether (sulfide) groups is 1. The molecule has 0 spiro atoms. The Bertz CT molecular complexity index is 874. The Kier molecular flexibility index (Phi) is 5.30. The number of methoxy groups -OCH3 is 1. The van der Waals surface area contributed by atoms with E-state index in [1.807, 2.05) is 49.6 Å². The van der Waals surface area contributed by atoms with Crippen LogP contribution >= 0.6 is 23.1 Å². The first-order chi connectivity index (χ1) is 12.0. The van der Waals surface area contributed by atoms with Gasteiger partial charge in [-0.05, 0) is 43.5 Å². The summed E-state index contributed by atoms with van der Waals surface area (Å²) in [4.78, 5) is 20.4. The molecule has 0 saturated carbocycles. The molecule has 0 saturated heterocycles. The third-order valence-corrected chi connectivity index (χ3v) is 6.14. The molecule has 1 atom stereocenters. The van der Waals surface area contributed by atoms with E-state index in [0.717, 1.165) is 20.1 Å². The summed E-state index contributed by atoms with van der Waals surface area (Å²) in [5.41, 5.74) is 1.54. The third kappa shape index (κ3) is 3.50. The molecule has 0 aliphatic heterocycles. The van der Waals surface area contributed by atoms with Gasteiger partial charge in [0.1, 0.15) is 10.8 Å². The highest BCUT2D eigenvalue weighted by molar-refractivity contribution is 7.98. The molecule has 0 radical (unpaired) electrons. The van der Waals surface area contributed by atoms with E-state index in [1.165, 1.54) is 0 Å². The summed E-state index contributed by atoms with van der Waals surface area (Å²) in [6.45, 7) is 2.00. The Morgan fingerprint density at radius 1 is 1.28 bits per heavy atom. The molecule has 1 aromatic heterocycles. The SMILES string of the molecule is COc1cc(SC)ccc1C(=O)N(C)[C@H](C)c1nc2ccccc2s1. The quantitative estimate of drug-likeness (QED) is 0.600. The molecule has 6 heteroatoms. The molecule has 0 bridgehead atoms. The molecule has 0 fully saturated rings. The van der Waals surface area contributed by atoms with Gasteiger partial charge >= 0.3 is 0 Å². The number of amides is 1. The number of carbonyl (C=O) groups is 1. The minimum absolute atomic E-state index is 0.0729. The molecular formula is C19H20N2O2S2. The molecule has 1 amide bonds. The zero-order valence-electron chi connectivity index (χ0n) is 14.6. The summed E-state index contributed by atoms with van der Waals surface area (Å²) < 4.78 is 6.55. The average Bonchev–Trinajstić information content (AvgIpc) is 3.09. The molecule has 0 unspecified atom stereocenters. The van der Waals surface area contributed by atoms with Crippen molar-refractivity contribution >= 4 is 39.2 Å². The fourth-order valence-electron chi connectivity index (χ4n) is 2.58. The molecule has 2 aromatic carbocycles. The van der Waals surface area contributed by atoms with Crippen molar-refractivity contribution in [2.45, 2.75) is 17.9 Å². The molecule has 3 rings (SSSR count). The van der Waals surface area contributed by atoms with Gasteiger partial charge in [0.25, 0.3) is 5.91 Å². The van der Waals surface area contributed by atoms with Crippen molar-refractivity contribution in [2.75, 3.05) is 20.4 Å². The lowest BCUT2D eigenvalue weighted by molar-refractivity contribution is 0.0739. The van der Waals surface area contributed by atoms with Crippen molar-refractivity contribution < 1.29 is 9.53 Å². The molecule has 1 heterocycles. The fraction of sp³-hybridized carbons (Fsp3) is 0.263. The molecule has 0 N–H and O–H groups in total. The summed E-state index contributed by atoms with van der Waals surface area (Å²) in [5.74, 6) is 0.524. The van der Waals surface area contributed by atoms with E-state index >= 15 is 0 Å². The van der Waals surface area contributed by atoms with Crippen molar-refractivity contribution in [3.8, 4) is 5.75 Å². The summed E-state index contributed by atoms with van der Waals surface area (Å²) in [7, 11) is 3.40. The molecular weight excluding hydrogens is 352 g/mol. The van der Waals surface area contributed by atoms with E-state index in [-0.39, 0.29) is 11.9 Å². The van der Waals surface area contributed by atoms with Crippen LogP contribution in [0.4, 0.5) is 0 Å². The van der Waals surface area contributed by atoms with Crippen LogP contribution in [-0.4, -0.2) is 36.2 Å². The van der Waals surface area contributed by atoms with Crippen molar-refractivity contribution in [3.05, 3.63) is 53.0 Å². The zero-order chi connectivity index (χ0) is 18.0. The molecule has 0 aliphatic rings. The average molecular weight is 373 g/mol. The number of para-hydroxylation sites is 1. The van der Waals surface area contributed by atoms with Crippen LogP contribution in [0.25, 0.3) is 10.2 Å². The Labute approximate surface area is 155 Å². The maximum Gasteiger partial charge on any atom is 0.257 e. The predicted molar refractivity (Wildman–Crippen MR) is 105 cm³/mol. The Balaban J connectivity index is 1.88. The lowest BCUT2D eigenvalue weighted by Gasteiger charge is -2.24. The van der Waals surface area contributed by atoms with Gasteiger partial charge in [0, 0.05) is 11.9 Å². The minimum Gasteiger partial charge on any atom is -0.496 e. The number of aromatic nitrogens is 1. The van der Waals surface area contributed by atoms with Crippen LogP contribution in [-0.2, 0) is 0 Å². The van der Waals surface area contributed by atoms with Crippen LogP contribution in [0.2, 0.25) is 0 Å². The first-order valence-corrected chi connectivity index (χ1v) is 9.94. The highest BCUT2D eigenvalue weighted by atomic mass is 32.2. The molecule has 4 nitrogen and oxygen atoms in total. The highest BCUT2D eigenvalue weighted by Crippen LogP contribution is 2.31. The number of hydrogen-bond donors (Lipinski definition) is 0. The Morgan fingerprint density at radius 2 is 2.04 bits per heavy atom. The second-order valence-corrected chi connectivity index (χ2v) is 7.62. The standard InChI is InChI=1S/C19H20N2O2S2/c1-12(18-20-15-7-5-6-8-17(15)25-18)21(2)19(22)14-10-9-13(24-4)11-16(14)23-3/h5-12H,1-4H3/t12-/m1/s1. The Hall–Kier alpha value is -2.05. The fourth-order valence-corrected chi connectivity index (χ4v) is 4.07. The van der Waals surface area contributed by atoms with Crippen LogP contribution in [0.1, 0.15) is 28.3 Å². The topological polar surface area (TPSA) is 42.4 Å². The number of thiazole rings is 1. The van der Waals surface area contributed by atoms with Gasteiger partial charge < -0.3 is 9.64 Å². The first kappa shape index (κ1) is 17.8. The smallest absolute Gasteiger partial charge is 0.257 e. The number of nitrogens with zero attached hydrogens (tertiary/aromatic N) is 2. The van der Waals surface area contributed by atoms with Gasteiger partial charge in [-0.1, -0.05) is 12.1 Å². The number of ether oxygens (including phenoxy) is 1. The number of benzene rings is 2. The van der Waals surface area contributed by atoms with Crippen molar-refractivity contribution in [1.29, 1.82) is 0 Å². The van der Waals surface area contributed by atoms with Crippen LogP contribution in [0.3, 0.4) is 0 Å². The maximum atomic E-state index is 13.0. The minimum atomic E-state index is -0.116. The number of hydrogen-bond acceptors (Lipinski definition) is 5. The number of fused-ring (bicyclic) bond motifs is 1. The normalized spacial score (nSPS) is 12.2. The van der Waals surface area contributed by atoms with Gasteiger partial charge in [0.2, 0.25) is 0 Å². The van der Waals surface area contributed by atoms with Gasteiger partial charge in [0.05, 0.1) is 28.9 Å². The lowest BCUT2D eigenvalue weighted by Crippen LogP contribution is -2.30. The number of carbonyl (C=O) groups excluding carboxylic acids is 1. The summed E-state index contributed by atoms with van der Waals surface area (Å²) in [6.07, 6.45) is 2.00. The van der Waals surface area contributed by atoms with E-state index in [1.54, 1.807) is 42.2 Å². The van der Waals surface area contributed by atoms with Crippen LogP contribution in [0.5, 0.6) is 5.75 Å². The van der Waals surface area contributed by atoms with Gasteiger partial charge in [-0.3, -0.25) is 4.79 Å². The summed E-state index contributed by atoms with van der Waals surface area (Å²) in [6, 6.07) is 13.6. The van der Waals surface area contributed by atoms with E-state index in [0.29, 0.717) is 11.3 Å². The van der Waals surface area contributed by atoms with E-state index in [9.17, 15) is 4.79 Å². The van der Waals surface area contributed by atoms with E-state index in [4.69, 9.17) is 4.74 Å². The summed E-state index contributed by atoms with van der Waals surface area (Å²) >= 11 is 3.24. The van der Waals surface area contributed by atoms with Gasteiger partial charge in [-0.15, -0.1) is 23.1 Å². The van der Waals surface area contributed by atoms with Gasteiger partial charge in [-0.2, -0.15) is 0 Å². The first-order valence-electron chi connectivity index (χ1n) is 7.89. The van der Waals surface area contributed by atoms with Gasteiger partial charge in [0.15, 0.2) is 0 Å². The second kappa shape index (κ2) is 7.45. The lowest BCUT2D eigenvalue weighted by atomic mass is 10.1. The van der Waals surface area contributed by atoms with Crippen molar-refractivity contribution in [3.63, 3.8) is 0 Å². The van der Waals surface area contributed by atoms with Crippen LogP contribution in [0, 0.1) is 0 Å². The Morgan fingerprint density at radius 3 is 2.72 bits per heavy atom. The second-order valence-electron chi connectivity index (χ2n) is 5.68. The van der Waals surface area contributed by atoms with Crippen LogP contribution in [0.15, 0.2) is 47.4 Å². The van der Waals surface area contributed by atoms with Crippen molar-refractivity contribution in [1.82, 2.24) is 9.88 Å². The predicted octanol–water partition coefficient (Wildman–Crippen LogP) is 4.86. The maximum absolute atomic E-state index is 13.0. The third-order valence-electron chi connectivity index (χ3n) is 4.21. The van der Waals surface area contributed by atoms with Gasteiger partial charge in [-0.25, -0.2) is 4.98 Å². The van der Waals surface area contributed by atoms with E-state index < -0.39 is 0 Å². The molecule has 3 aromatic rings. The van der Waals surface area contributed by atoms with E-state index in [2.05, 4.69) is 11.1 Å². The summed E-state index contributed by atoms with van der Waals surface area (Å²) in [5, 5.41) is 0.928. The van der Waals surface area contributed by atoms with Crippen molar-refractivity contribution in [2.24, 2.45) is 0 Å². The molecule has 130 valence electrons. The van der Waals surface area contributed by atoms with Crippen LogP contribution < -0.4 is 4.74 Å². The highest BCUT2D eigenvalue weighted by Gasteiger charge is 2.24. The largest absolute Gasteiger partial charge is 0.496 e. The monoisotopic (exact) mass is 372 g/mol. The number of rotatable bonds is 5. The zero-order valence-corrected chi connectivity index (χ0v) is 16.3.